The summed E-state index contributed by atoms with van der Waals surface area (Å²) in [5.41, 5.74) is 1.65. The van der Waals surface area contributed by atoms with Crippen molar-refractivity contribution in [3.63, 3.8) is 0 Å². The van der Waals surface area contributed by atoms with Crippen LogP contribution in [0, 0.1) is 0 Å². The van der Waals surface area contributed by atoms with Crippen molar-refractivity contribution in [3.8, 4) is 0 Å². The molecule has 1 N–H and O–H groups in total. The van der Waals surface area contributed by atoms with Crippen LogP contribution in [-0.2, 0) is 20.7 Å². The second-order valence-corrected chi connectivity index (χ2v) is 3.60. The predicted molar refractivity (Wildman–Crippen MR) is 65.7 cm³/mol. The maximum absolute atomic E-state index is 11.5. The standard InChI is InChI=1S/C13H17NO3/c1-3-9-17-13(16)12(15)14-11-8-6-5-7-10(11)4-2/h5-8H,3-4,9H2,1-2H3,(H,14,15). The quantitative estimate of drug-likeness (QED) is 0.642. The highest BCUT2D eigenvalue weighted by Crippen LogP contribution is 2.15. The summed E-state index contributed by atoms with van der Waals surface area (Å²) in [6, 6.07) is 7.38. The number of esters is 1. The van der Waals surface area contributed by atoms with Gasteiger partial charge in [0.1, 0.15) is 0 Å². The van der Waals surface area contributed by atoms with E-state index in [1.165, 1.54) is 0 Å². The van der Waals surface area contributed by atoms with Crippen molar-refractivity contribution >= 4 is 17.6 Å². The molecule has 0 aliphatic carbocycles. The number of carbonyl (C=O) groups is 2. The van der Waals surface area contributed by atoms with E-state index in [1.54, 1.807) is 6.07 Å². The molecule has 1 rings (SSSR count). The Hall–Kier alpha value is -1.84. The zero-order chi connectivity index (χ0) is 12.7. The Morgan fingerprint density at radius 1 is 1.24 bits per heavy atom. The Labute approximate surface area is 101 Å². The molecule has 4 heteroatoms. The number of carbonyl (C=O) groups excluding carboxylic acids is 2. The molecule has 0 aromatic heterocycles. The summed E-state index contributed by atoms with van der Waals surface area (Å²) in [5, 5.41) is 2.56. The third-order valence-corrected chi connectivity index (χ3v) is 2.27. The monoisotopic (exact) mass is 235 g/mol. The van der Waals surface area contributed by atoms with Gasteiger partial charge in [-0.25, -0.2) is 4.79 Å². The SMILES string of the molecule is CCCOC(=O)C(=O)Nc1ccccc1CC. The van der Waals surface area contributed by atoms with Gasteiger partial charge in [0.15, 0.2) is 0 Å². The third-order valence-electron chi connectivity index (χ3n) is 2.27. The molecular weight excluding hydrogens is 218 g/mol. The van der Waals surface area contributed by atoms with Crippen molar-refractivity contribution in [1.82, 2.24) is 0 Å². The molecule has 1 aromatic rings. The first kappa shape index (κ1) is 13.2. The third kappa shape index (κ3) is 3.90. The lowest BCUT2D eigenvalue weighted by molar-refractivity contribution is -0.152. The molecule has 0 saturated carbocycles. The summed E-state index contributed by atoms with van der Waals surface area (Å²) in [6.45, 7) is 4.12. The molecule has 92 valence electrons. The van der Waals surface area contributed by atoms with Crippen molar-refractivity contribution in [2.45, 2.75) is 26.7 Å². The molecule has 0 radical (unpaired) electrons. The van der Waals surface area contributed by atoms with Gasteiger partial charge in [0, 0.05) is 5.69 Å². The fourth-order valence-corrected chi connectivity index (χ4v) is 1.38. The van der Waals surface area contributed by atoms with E-state index in [-0.39, 0.29) is 6.61 Å². The molecule has 1 aromatic carbocycles. The van der Waals surface area contributed by atoms with Crippen LogP contribution in [0.2, 0.25) is 0 Å². The molecule has 0 unspecified atom stereocenters. The highest BCUT2D eigenvalue weighted by Gasteiger charge is 2.15. The summed E-state index contributed by atoms with van der Waals surface area (Å²) in [5.74, 6) is -1.56. The smallest absolute Gasteiger partial charge is 0.397 e. The molecule has 0 bridgehead atoms. The maximum Gasteiger partial charge on any atom is 0.397 e. The van der Waals surface area contributed by atoms with Gasteiger partial charge in [-0.2, -0.15) is 0 Å². The van der Waals surface area contributed by atoms with Gasteiger partial charge in [-0.1, -0.05) is 32.0 Å². The molecule has 1 amide bonds. The molecule has 0 heterocycles. The Kier molecular flexibility index (Phi) is 5.20. The van der Waals surface area contributed by atoms with E-state index in [2.05, 4.69) is 5.32 Å². The molecule has 0 fully saturated rings. The van der Waals surface area contributed by atoms with Gasteiger partial charge >= 0.3 is 11.9 Å². The topological polar surface area (TPSA) is 55.4 Å². The first-order valence-electron chi connectivity index (χ1n) is 5.75. The molecule has 0 atom stereocenters. The highest BCUT2D eigenvalue weighted by molar-refractivity contribution is 6.37. The number of hydrogen-bond acceptors (Lipinski definition) is 3. The van der Waals surface area contributed by atoms with Crippen LogP contribution in [0.25, 0.3) is 0 Å². The van der Waals surface area contributed by atoms with Crippen molar-refractivity contribution in [2.24, 2.45) is 0 Å². The lowest BCUT2D eigenvalue weighted by Crippen LogP contribution is -2.25. The summed E-state index contributed by atoms with van der Waals surface area (Å²) >= 11 is 0. The number of amides is 1. The number of hydrogen-bond donors (Lipinski definition) is 1. The average Bonchev–Trinajstić information content (AvgIpc) is 2.36. The van der Waals surface area contributed by atoms with E-state index in [0.29, 0.717) is 12.1 Å². The molecule has 0 aliphatic heterocycles. The highest BCUT2D eigenvalue weighted by atomic mass is 16.5. The number of anilines is 1. The van der Waals surface area contributed by atoms with E-state index in [9.17, 15) is 9.59 Å². The van der Waals surface area contributed by atoms with E-state index in [4.69, 9.17) is 4.74 Å². The minimum atomic E-state index is -0.835. The van der Waals surface area contributed by atoms with E-state index in [1.807, 2.05) is 32.0 Å². The summed E-state index contributed by atoms with van der Waals surface area (Å²) in [4.78, 5) is 22.8. The van der Waals surface area contributed by atoms with Crippen LogP contribution in [0.5, 0.6) is 0 Å². The van der Waals surface area contributed by atoms with E-state index in [0.717, 1.165) is 12.0 Å². The predicted octanol–water partition coefficient (Wildman–Crippen LogP) is 2.14. The summed E-state index contributed by atoms with van der Waals surface area (Å²) in [6.07, 6.45) is 1.49. The number of rotatable bonds is 4. The molecule has 0 saturated heterocycles. The van der Waals surface area contributed by atoms with Gasteiger partial charge in [0.2, 0.25) is 0 Å². The van der Waals surface area contributed by atoms with E-state index >= 15 is 0 Å². The zero-order valence-electron chi connectivity index (χ0n) is 10.2. The fourth-order valence-electron chi connectivity index (χ4n) is 1.38. The Balaban J connectivity index is 2.64. The van der Waals surface area contributed by atoms with Crippen LogP contribution in [0.15, 0.2) is 24.3 Å². The minimum Gasteiger partial charge on any atom is -0.459 e. The van der Waals surface area contributed by atoms with Crippen molar-refractivity contribution in [3.05, 3.63) is 29.8 Å². The van der Waals surface area contributed by atoms with Gasteiger partial charge in [0.05, 0.1) is 6.61 Å². The van der Waals surface area contributed by atoms with Gasteiger partial charge in [-0.05, 0) is 24.5 Å². The first-order chi connectivity index (χ1) is 8.19. The fraction of sp³-hybridized carbons (Fsp3) is 0.385. The second kappa shape index (κ2) is 6.68. The minimum absolute atomic E-state index is 0.266. The van der Waals surface area contributed by atoms with E-state index < -0.39 is 11.9 Å². The lowest BCUT2D eigenvalue weighted by Gasteiger charge is -2.08. The number of aryl methyl sites for hydroxylation is 1. The molecule has 0 spiro atoms. The second-order valence-electron chi connectivity index (χ2n) is 3.60. The Morgan fingerprint density at radius 2 is 1.94 bits per heavy atom. The largest absolute Gasteiger partial charge is 0.459 e. The number of benzene rings is 1. The number of ether oxygens (including phenoxy) is 1. The van der Waals surface area contributed by atoms with Gasteiger partial charge in [-0.15, -0.1) is 0 Å². The normalized spacial score (nSPS) is 9.76. The van der Waals surface area contributed by atoms with Crippen molar-refractivity contribution in [1.29, 1.82) is 0 Å². The lowest BCUT2D eigenvalue weighted by atomic mass is 10.1. The molecule has 4 nitrogen and oxygen atoms in total. The van der Waals surface area contributed by atoms with Gasteiger partial charge in [0.25, 0.3) is 0 Å². The van der Waals surface area contributed by atoms with Crippen LogP contribution in [-0.4, -0.2) is 18.5 Å². The first-order valence-corrected chi connectivity index (χ1v) is 5.75. The van der Waals surface area contributed by atoms with Gasteiger partial charge < -0.3 is 10.1 Å². The summed E-state index contributed by atoms with van der Waals surface area (Å²) < 4.78 is 4.75. The maximum atomic E-state index is 11.5. The Bertz CT molecular complexity index is 401. The average molecular weight is 235 g/mol. The summed E-state index contributed by atoms with van der Waals surface area (Å²) in [7, 11) is 0. The van der Waals surface area contributed by atoms with Crippen LogP contribution < -0.4 is 5.32 Å². The van der Waals surface area contributed by atoms with Crippen molar-refractivity contribution in [2.75, 3.05) is 11.9 Å². The van der Waals surface area contributed by atoms with Crippen molar-refractivity contribution < 1.29 is 14.3 Å². The zero-order valence-corrected chi connectivity index (χ0v) is 10.2. The van der Waals surface area contributed by atoms with Crippen LogP contribution >= 0.6 is 0 Å². The Morgan fingerprint density at radius 3 is 2.59 bits per heavy atom. The van der Waals surface area contributed by atoms with Crippen LogP contribution in [0.4, 0.5) is 5.69 Å². The molecular formula is C13H17NO3. The van der Waals surface area contributed by atoms with Crippen LogP contribution in [0.1, 0.15) is 25.8 Å². The number of nitrogens with one attached hydrogen (secondary N) is 1. The number of para-hydroxylation sites is 1. The molecule has 17 heavy (non-hydrogen) atoms. The molecule has 0 aliphatic rings. The van der Waals surface area contributed by atoms with Crippen LogP contribution in [0.3, 0.4) is 0 Å². The van der Waals surface area contributed by atoms with Gasteiger partial charge in [-0.3, -0.25) is 4.79 Å².